The van der Waals surface area contributed by atoms with E-state index in [9.17, 15) is 0 Å². The van der Waals surface area contributed by atoms with E-state index < -0.39 is 0 Å². The van der Waals surface area contributed by atoms with E-state index in [1.54, 1.807) is 11.8 Å². The van der Waals surface area contributed by atoms with Crippen LogP contribution in [0.25, 0.3) is 0 Å². The molecule has 1 saturated carbocycles. The highest BCUT2D eigenvalue weighted by Gasteiger charge is 2.30. The molecule has 0 spiro atoms. The number of thioether (sulfide) groups is 1. The molecule has 1 N–H and O–H groups in total. The number of aromatic nitrogens is 3. The van der Waals surface area contributed by atoms with E-state index in [1.165, 1.54) is 32.1 Å². The van der Waals surface area contributed by atoms with E-state index >= 15 is 0 Å². The van der Waals surface area contributed by atoms with Gasteiger partial charge in [0.2, 0.25) is 0 Å². The third kappa shape index (κ3) is 6.26. The first kappa shape index (κ1) is 25.0. The molecule has 1 atom stereocenters. The molecule has 1 aliphatic carbocycles. The molecule has 31 heavy (non-hydrogen) atoms. The zero-order chi connectivity index (χ0) is 20.8. The average molecular weight is 564 g/mol. The van der Waals surface area contributed by atoms with Crippen molar-refractivity contribution in [3.05, 3.63) is 5.82 Å². The van der Waals surface area contributed by atoms with Crippen molar-refractivity contribution in [1.82, 2.24) is 29.9 Å². The lowest BCUT2D eigenvalue weighted by Crippen LogP contribution is -2.46. The summed E-state index contributed by atoms with van der Waals surface area (Å²) in [7, 11) is 1.89. The van der Waals surface area contributed by atoms with Gasteiger partial charge in [-0.05, 0) is 31.9 Å². The lowest BCUT2D eigenvalue weighted by atomic mass is 10.2. The molecule has 0 radical (unpaired) electrons. The van der Waals surface area contributed by atoms with Crippen molar-refractivity contribution in [2.75, 3.05) is 59.2 Å². The number of ether oxygens (including phenoxy) is 1. The Bertz CT molecular complexity index is 704. The molecule has 1 aromatic heterocycles. The van der Waals surface area contributed by atoms with E-state index in [1.807, 2.05) is 7.05 Å². The minimum atomic E-state index is 0. The fourth-order valence-corrected chi connectivity index (χ4v) is 5.67. The van der Waals surface area contributed by atoms with Crippen LogP contribution in [0.4, 0.5) is 0 Å². The molecule has 3 heterocycles. The number of rotatable bonds is 7. The highest BCUT2D eigenvalue weighted by Crippen LogP contribution is 2.33. The number of morpholine rings is 1. The Labute approximate surface area is 208 Å². The molecule has 3 aliphatic rings. The number of hydrogen-bond donors (Lipinski definition) is 1. The number of guanidine groups is 1. The highest BCUT2D eigenvalue weighted by molar-refractivity contribution is 14.0. The summed E-state index contributed by atoms with van der Waals surface area (Å²) in [5.74, 6) is 2.18. The van der Waals surface area contributed by atoms with Crippen molar-refractivity contribution in [2.45, 2.75) is 62.2 Å². The average Bonchev–Trinajstić information content (AvgIpc) is 3.54. The van der Waals surface area contributed by atoms with Gasteiger partial charge in [0.15, 0.2) is 11.1 Å². The summed E-state index contributed by atoms with van der Waals surface area (Å²) in [4.78, 5) is 9.53. The molecule has 176 valence electrons. The maximum Gasteiger partial charge on any atom is 0.193 e. The SMILES string of the molecule is CN=C(NCCCc1nnc(SC)n1C1CCCC1)N1CCC(N2CCOCC2)C1.I. The van der Waals surface area contributed by atoms with Crippen LogP contribution in [0.2, 0.25) is 0 Å². The first-order valence-electron chi connectivity index (χ1n) is 11.5. The molecule has 8 nitrogen and oxygen atoms in total. The van der Waals surface area contributed by atoms with Crippen LogP contribution in [0.3, 0.4) is 0 Å². The number of likely N-dealkylation sites (tertiary alicyclic amines) is 1. The normalized spacial score (nSPS) is 23.4. The maximum absolute atomic E-state index is 5.50. The lowest BCUT2D eigenvalue weighted by molar-refractivity contribution is 0.0195. The van der Waals surface area contributed by atoms with Gasteiger partial charge in [-0.1, -0.05) is 24.6 Å². The van der Waals surface area contributed by atoms with Crippen LogP contribution in [0.5, 0.6) is 0 Å². The topological polar surface area (TPSA) is 70.8 Å². The van der Waals surface area contributed by atoms with Crippen LogP contribution < -0.4 is 5.32 Å². The number of aliphatic imine (C=N–C) groups is 1. The maximum atomic E-state index is 5.50. The molecular weight excluding hydrogens is 525 g/mol. The van der Waals surface area contributed by atoms with Gasteiger partial charge in [-0.25, -0.2) is 0 Å². The van der Waals surface area contributed by atoms with E-state index in [0.29, 0.717) is 12.1 Å². The fourth-order valence-electron chi connectivity index (χ4n) is 5.10. The van der Waals surface area contributed by atoms with E-state index in [4.69, 9.17) is 4.74 Å². The van der Waals surface area contributed by atoms with Crippen molar-refractivity contribution >= 4 is 41.7 Å². The van der Waals surface area contributed by atoms with E-state index in [-0.39, 0.29) is 24.0 Å². The lowest BCUT2D eigenvalue weighted by Gasteiger charge is -2.32. The van der Waals surface area contributed by atoms with Crippen LogP contribution >= 0.6 is 35.7 Å². The number of aryl methyl sites for hydroxylation is 1. The van der Waals surface area contributed by atoms with Crippen molar-refractivity contribution < 1.29 is 4.74 Å². The summed E-state index contributed by atoms with van der Waals surface area (Å²) < 4.78 is 7.92. The fraction of sp³-hybridized carbons (Fsp3) is 0.857. The van der Waals surface area contributed by atoms with Crippen molar-refractivity contribution in [3.63, 3.8) is 0 Å². The van der Waals surface area contributed by atoms with Crippen molar-refractivity contribution in [1.29, 1.82) is 0 Å². The van der Waals surface area contributed by atoms with Crippen LogP contribution in [-0.2, 0) is 11.2 Å². The third-order valence-corrected chi connectivity index (χ3v) is 7.35. The van der Waals surface area contributed by atoms with Gasteiger partial charge >= 0.3 is 0 Å². The molecule has 10 heteroatoms. The van der Waals surface area contributed by atoms with Crippen LogP contribution in [0.15, 0.2) is 10.1 Å². The molecule has 0 bridgehead atoms. The van der Waals surface area contributed by atoms with Crippen LogP contribution in [0, 0.1) is 0 Å². The summed E-state index contributed by atoms with van der Waals surface area (Å²) in [6, 6.07) is 1.22. The Morgan fingerprint density at radius 2 is 1.90 bits per heavy atom. The predicted octanol–water partition coefficient (Wildman–Crippen LogP) is 2.65. The summed E-state index contributed by atoms with van der Waals surface area (Å²) in [6.45, 7) is 6.91. The number of nitrogens with one attached hydrogen (secondary N) is 1. The second-order valence-electron chi connectivity index (χ2n) is 8.53. The number of halogens is 1. The standard InChI is InChI=1S/C21H37N7OS.HI/c1-22-20(27-11-9-18(16-27)26-12-14-29-15-13-26)23-10-5-8-19-24-25-21(30-2)28(19)17-6-3-4-7-17;/h17-18H,3-16H2,1-2H3,(H,22,23);1H. The van der Waals surface area contributed by atoms with Gasteiger partial charge in [-0.3, -0.25) is 9.89 Å². The Balaban J connectivity index is 0.00000272. The quantitative estimate of drug-likeness (QED) is 0.180. The smallest absolute Gasteiger partial charge is 0.193 e. The van der Waals surface area contributed by atoms with Crippen molar-refractivity contribution in [2.24, 2.45) is 4.99 Å². The Hall–Kier alpha value is -0.590. The molecule has 1 unspecified atom stereocenters. The van der Waals surface area contributed by atoms with Crippen LogP contribution in [-0.4, -0.2) is 95.8 Å². The number of nitrogens with zero attached hydrogens (tertiary/aromatic N) is 6. The molecule has 3 fully saturated rings. The zero-order valence-electron chi connectivity index (χ0n) is 19.0. The number of hydrogen-bond acceptors (Lipinski definition) is 6. The molecule has 1 aromatic rings. The third-order valence-electron chi connectivity index (χ3n) is 6.70. The van der Waals surface area contributed by atoms with Gasteiger partial charge in [0.25, 0.3) is 0 Å². The second kappa shape index (κ2) is 12.6. The molecule has 0 amide bonds. The Morgan fingerprint density at radius 3 is 2.61 bits per heavy atom. The summed E-state index contributed by atoms with van der Waals surface area (Å²) in [6.07, 6.45) is 10.5. The molecule has 2 saturated heterocycles. The van der Waals surface area contributed by atoms with E-state index in [2.05, 4.69) is 41.1 Å². The summed E-state index contributed by atoms with van der Waals surface area (Å²) >= 11 is 1.72. The first-order chi connectivity index (χ1) is 14.8. The predicted molar refractivity (Wildman–Crippen MR) is 137 cm³/mol. The van der Waals surface area contributed by atoms with Gasteiger partial charge < -0.3 is 19.5 Å². The minimum absolute atomic E-state index is 0. The second-order valence-corrected chi connectivity index (χ2v) is 9.30. The van der Waals surface area contributed by atoms with Gasteiger partial charge in [0.05, 0.1) is 13.2 Å². The first-order valence-corrected chi connectivity index (χ1v) is 12.8. The monoisotopic (exact) mass is 563 g/mol. The Kier molecular flexibility index (Phi) is 10.2. The largest absolute Gasteiger partial charge is 0.379 e. The molecule has 0 aromatic carbocycles. The van der Waals surface area contributed by atoms with E-state index in [0.717, 1.165) is 75.7 Å². The molecular formula is C21H38IN7OS. The molecule has 2 aliphatic heterocycles. The van der Waals surface area contributed by atoms with Gasteiger partial charge in [-0.15, -0.1) is 34.2 Å². The van der Waals surface area contributed by atoms with Gasteiger partial charge in [0, 0.05) is 58.3 Å². The van der Waals surface area contributed by atoms with Gasteiger partial charge in [-0.2, -0.15) is 0 Å². The molecule has 4 rings (SSSR count). The summed E-state index contributed by atoms with van der Waals surface area (Å²) in [5, 5.41) is 13.6. The highest BCUT2D eigenvalue weighted by atomic mass is 127. The van der Waals surface area contributed by atoms with Crippen molar-refractivity contribution in [3.8, 4) is 0 Å². The zero-order valence-corrected chi connectivity index (χ0v) is 22.1. The minimum Gasteiger partial charge on any atom is -0.379 e. The summed E-state index contributed by atoms with van der Waals surface area (Å²) in [5.41, 5.74) is 0. The van der Waals surface area contributed by atoms with Gasteiger partial charge in [0.1, 0.15) is 5.82 Å². The van der Waals surface area contributed by atoms with Crippen LogP contribution in [0.1, 0.15) is 50.4 Å². The Morgan fingerprint density at radius 1 is 1.13 bits per heavy atom.